The number of anilines is 1. The van der Waals surface area contributed by atoms with Crippen molar-refractivity contribution < 1.29 is 4.79 Å². The average Bonchev–Trinajstić information content (AvgIpc) is 2.92. The fourth-order valence-corrected chi connectivity index (χ4v) is 2.54. The maximum absolute atomic E-state index is 12.2. The summed E-state index contributed by atoms with van der Waals surface area (Å²) >= 11 is 2.19. The first kappa shape index (κ1) is 13.1. The van der Waals surface area contributed by atoms with E-state index in [2.05, 4.69) is 48.1 Å². The van der Waals surface area contributed by atoms with Gasteiger partial charge in [0.1, 0.15) is 5.65 Å². The van der Waals surface area contributed by atoms with Crippen LogP contribution in [0, 0.1) is 17.5 Å². The number of hydrogen-bond donors (Lipinski definition) is 3. The molecule has 3 aromatic rings. The molecule has 6 nitrogen and oxygen atoms in total. The number of amides is 1. The van der Waals surface area contributed by atoms with E-state index in [0.29, 0.717) is 11.4 Å². The Kier molecular flexibility index (Phi) is 3.20. The lowest BCUT2D eigenvalue weighted by atomic mass is 10.2. The minimum absolute atomic E-state index is 0.238. The van der Waals surface area contributed by atoms with Crippen LogP contribution in [0.3, 0.4) is 0 Å². The minimum Gasteiger partial charge on any atom is -0.335 e. The van der Waals surface area contributed by atoms with Gasteiger partial charge in [-0.3, -0.25) is 9.89 Å². The summed E-state index contributed by atoms with van der Waals surface area (Å²) < 4.78 is 1.01. The van der Waals surface area contributed by atoms with Crippen LogP contribution in [0.25, 0.3) is 11.0 Å². The third-order valence-electron chi connectivity index (χ3n) is 3.16. The van der Waals surface area contributed by atoms with Crippen LogP contribution in [0.5, 0.6) is 0 Å². The average molecular weight is 381 g/mol. The van der Waals surface area contributed by atoms with Gasteiger partial charge in [-0.15, -0.1) is 0 Å². The van der Waals surface area contributed by atoms with Crippen molar-refractivity contribution in [2.24, 2.45) is 0 Å². The Morgan fingerprint density at radius 1 is 1.35 bits per heavy atom. The number of rotatable bonds is 2. The molecule has 3 N–H and O–H groups in total. The molecule has 1 amide bonds. The first-order valence-corrected chi connectivity index (χ1v) is 7.09. The number of pyridine rings is 1. The molecule has 0 fully saturated rings. The number of halogens is 1. The molecule has 0 unspecified atom stereocenters. The third kappa shape index (κ3) is 2.28. The molecule has 102 valence electrons. The van der Waals surface area contributed by atoms with Gasteiger partial charge in [-0.25, -0.2) is 4.98 Å². The summed E-state index contributed by atoms with van der Waals surface area (Å²) in [6.07, 6.45) is 1.63. The predicted octanol–water partition coefficient (Wildman–Crippen LogP) is 2.76. The highest BCUT2D eigenvalue weighted by atomic mass is 127. The molecule has 0 bridgehead atoms. The van der Waals surface area contributed by atoms with Crippen molar-refractivity contribution in [2.45, 2.75) is 13.8 Å². The lowest BCUT2D eigenvalue weighted by Gasteiger charge is -2.03. The van der Waals surface area contributed by atoms with Crippen molar-refractivity contribution in [1.29, 1.82) is 0 Å². The van der Waals surface area contributed by atoms with E-state index >= 15 is 0 Å². The Bertz CT molecular complexity index is 804. The van der Waals surface area contributed by atoms with E-state index in [1.807, 2.05) is 26.0 Å². The number of aromatic nitrogens is 4. The van der Waals surface area contributed by atoms with Crippen molar-refractivity contribution in [3.05, 3.63) is 39.0 Å². The Labute approximate surface area is 128 Å². The van der Waals surface area contributed by atoms with E-state index in [-0.39, 0.29) is 5.91 Å². The predicted molar refractivity (Wildman–Crippen MR) is 84.8 cm³/mol. The van der Waals surface area contributed by atoms with Crippen molar-refractivity contribution in [3.63, 3.8) is 0 Å². The van der Waals surface area contributed by atoms with Crippen LogP contribution in [-0.2, 0) is 0 Å². The van der Waals surface area contributed by atoms with Crippen LogP contribution >= 0.6 is 22.6 Å². The highest BCUT2D eigenvalue weighted by molar-refractivity contribution is 14.1. The van der Waals surface area contributed by atoms with Crippen molar-refractivity contribution in [3.8, 4) is 0 Å². The Morgan fingerprint density at radius 3 is 2.85 bits per heavy atom. The molecule has 0 spiro atoms. The van der Waals surface area contributed by atoms with Gasteiger partial charge in [0.15, 0.2) is 5.69 Å². The molecule has 7 heteroatoms. The zero-order valence-electron chi connectivity index (χ0n) is 10.9. The van der Waals surface area contributed by atoms with Gasteiger partial charge < -0.3 is 10.3 Å². The summed E-state index contributed by atoms with van der Waals surface area (Å²) in [5, 5.41) is 10.6. The molecule has 3 heterocycles. The second kappa shape index (κ2) is 4.89. The van der Waals surface area contributed by atoms with Gasteiger partial charge in [0.05, 0.1) is 15.6 Å². The number of fused-ring (bicyclic) bond motifs is 1. The van der Waals surface area contributed by atoms with Gasteiger partial charge in [-0.1, -0.05) is 0 Å². The third-order valence-corrected chi connectivity index (χ3v) is 3.74. The van der Waals surface area contributed by atoms with Gasteiger partial charge in [0, 0.05) is 16.6 Å². The van der Waals surface area contributed by atoms with E-state index < -0.39 is 0 Å². The number of hydrogen-bond acceptors (Lipinski definition) is 3. The van der Waals surface area contributed by atoms with E-state index in [1.54, 1.807) is 6.20 Å². The van der Waals surface area contributed by atoms with Gasteiger partial charge >= 0.3 is 0 Å². The number of nitrogens with one attached hydrogen (secondary N) is 3. The second-order valence-corrected chi connectivity index (χ2v) is 5.72. The van der Waals surface area contributed by atoms with Crippen LogP contribution in [-0.4, -0.2) is 26.1 Å². The Hall–Kier alpha value is -1.90. The monoisotopic (exact) mass is 381 g/mol. The molecular formula is C13H12IN5O. The van der Waals surface area contributed by atoms with Gasteiger partial charge in [-0.05, 0) is 48.6 Å². The SMILES string of the molecule is Cc1[nH]nc(C(=O)Nc2cnc3[nH]c(I)cc3c2)c1C. The molecule has 0 aromatic carbocycles. The summed E-state index contributed by atoms with van der Waals surface area (Å²) in [7, 11) is 0. The van der Waals surface area contributed by atoms with E-state index in [9.17, 15) is 4.79 Å². The number of carbonyl (C=O) groups excluding carboxylic acids is 1. The summed E-state index contributed by atoms with van der Waals surface area (Å²) in [6, 6.07) is 3.86. The van der Waals surface area contributed by atoms with Crippen molar-refractivity contribution >= 4 is 45.2 Å². The number of nitrogens with zero attached hydrogens (tertiary/aromatic N) is 2. The molecule has 3 rings (SSSR count). The number of carbonyl (C=O) groups is 1. The van der Waals surface area contributed by atoms with Crippen LogP contribution in [0.4, 0.5) is 5.69 Å². The zero-order chi connectivity index (χ0) is 14.3. The molecule has 0 aliphatic rings. The highest BCUT2D eigenvalue weighted by Gasteiger charge is 2.14. The van der Waals surface area contributed by atoms with E-state index in [0.717, 1.165) is 26.0 Å². The van der Waals surface area contributed by atoms with Gasteiger partial charge in [0.25, 0.3) is 5.91 Å². The van der Waals surface area contributed by atoms with Gasteiger partial charge in [-0.2, -0.15) is 5.10 Å². The normalized spacial score (nSPS) is 10.9. The second-order valence-electron chi connectivity index (χ2n) is 4.56. The quantitative estimate of drug-likeness (QED) is 0.597. The molecule has 0 aliphatic carbocycles. The fourth-order valence-electron chi connectivity index (χ4n) is 1.95. The van der Waals surface area contributed by atoms with Crippen LogP contribution in [0.15, 0.2) is 18.3 Å². The largest absolute Gasteiger partial charge is 0.335 e. The summed E-state index contributed by atoms with van der Waals surface area (Å²) in [5.41, 5.74) is 3.61. The zero-order valence-corrected chi connectivity index (χ0v) is 13.1. The Balaban J connectivity index is 1.88. The highest BCUT2D eigenvalue weighted by Crippen LogP contribution is 2.19. The molecule has 0 aliphatic heterocycles. The topological polar surface area (TPSA) is 86.5 Å². The summed E-state index contributed by atoms with van der Waals surface area (Å²) in [6.45, 7) is 3.75. The molecule has 0 saturated heterocycles. The Morgan fingerprint density at radius 2 is 2.15 bits per heavy atom. The maximum Gasteiger partial charge on any atom is 0.276 e. The lowest BCUT2D eigenvalue weighted by Crippen LogP contribution is -2.13. The number of aromatic amines is 2. The fraction of sp³-hybridized carbons (Fsp3) is 0.154. The molecular weight excluding hydrogens is 369 g/mol. The van der Waals surface area contributed by atoms with E-state index in [4.69, 9.17) is 0 Å². The van der Waals surface area contributed by atoms with Crippen molar-refractivity contribution in [1.82, 2.24) is 20.2 Å². The standard InChI is InChI=1S/C13H12IN5O/c1-6-7(2)18-19-11(6)13(20)16-9-3-8-4-10(14)17-12(8)15-5-9/h3-5H,1-2H3,(H,15,17)(H,16,20)(H,18,19). The lowest BCUT2D eigenvalue weighted by molar-refractivity contribution is 0.102. The first-order chi connectivity index (χ1) is 9.54. The molecule has 0 atom stereocenters. The summed E-state index contributed by atoms with van der Waals surface area (Å²) in [4.78, 5) is 19.6. The van der Waals surface area contributed by atoms with Crippen LogP contribution < -0.4 is 5.32 Å². The number of H-pyrrole nitrogens is 2. The molecule has 0 saturated carbocycles. The smallest absolute Gasteiger partial charge is 0.276 e. The van der Waals surface area contributed by atoms with Crippen LogP contribution in [0.1, 0.15) is 21.7 Å². The minimum atomic E-state index is -0.238. The van der Waals surface area contributed by atoms with Crippen molar-refractivity contribution in [2.75, 3.05) is 5.32 Å². The molecule has 3 aromatic heterocycles. The van der Waals surface area contributed by atoms with Crippen LogP contribution in [0.2, 0.25) is 0 Å². The maximum atomic E-state index is 12.2. The molecule has 20 heavy (non-hydrogen) atoms. The van der Waals surface area contributed by atoms with E-state index in [1.165, 1.54) is 0 Å². The first-order valence-electron chi connectivity index (χ1n) is 6.02. The summed E-state index contributed by atoms with van der Waals surface area (Å²) in [5.74, 6) is -0.238. The number of aryl methyl sites for hydroxylation is 1. The van der Waals surface area contributed by atoms with Gasteiger partial charge in [0.2, 0.25) is 0 Å². The molecule has 0 radical (unpaired) electrons.